The third-order valence-electron chi connectivity index (χ3n) is 4.28. The van der Waals surface area contributed by atoms with Crippen molar-refractivity contribution in [3.63, 3.8) is 0 Å². The van der Waals surface area contributed by atoms with Gasteiger partial charge in [0.1, 0.15) is 5.82 Å². The maximum Gasteiger partial charge on any atom is 0.450 e. The number of carbonyl (C=O) groups is 2. The van der Waals surface area contributed by atoms with Crippen LogP contribution < -0.4 is 5.32 Å². The zero-order valence-corrected chi connectivity index (χ0v) is 18.0. The topological polar surface area (TPSA) is 66.4 Å². The quantitative estimate of drug-likeness (QED) is 0.543. The number of aliphatic carboxylic acids is 1. The molecule has 1 heterocycles. The Hall–Kier alpha value is -1.02. The third-order valence-corrected chi connectivity index (χ3v) is 4.89. The molecule has 10 heteroatoms. The molecule has 0 aromatic heterocycles. The van der Waals surface area contributed by atoms with Crippen LogP contribution in [0.4, 0.5) is 4.39 Å². The summed E-state index contributed by atoms with van der Waals surface area (Å²) in [6.45, 7) is 1.69. The van der Waals surface area contributed by atoms with Crippen LogP contribution in [0.25, 0.3) is 0 Å². The van der Waals surface area contributed by atoms with Gasteiger partial charge in [0.25, 0.3) is 0 Å². The standard InChI is InChI=1S/C17H15BrFNO3.BCl3/c1-8-14(17(22)23)15(9-5-6-11(19)10(18)7-9)16-12(20-8)3-2-4-13(16)21;2-1(3)4/h5-7,15,20H,2-4H2,1H3,(H,22,23);. The summed E-state index contributed by atoms with van der Waals surface area (Å²) >= 11 is 17.5. The van der Waals surface area contributed by atoms with E-state index in [1.807, 2.05) is 0 Å². The molecule has 0 saturated carbocycles. The predicted octanol–water partition coefficient (Wildman–Crippen LogP) is 5.33. The summed E-state index contributed by atoms with van der Waals surface area (Å²) in [5, 5.41) is 12.7. The molecule has 3 rings (SSSR count). The van der Waals surface area contributed by atoms with Crippen LogP contribution in [0.1, 0.15) is 37.7 Å². The van der Waals surface area contributed by atoms with Crippen molar-refractivity contribution in [3.8, 4) is 0 Å². The van der Waals surface area contributed by atoms with Crippen molar-refractivity contribution in [1.29, 1.82) is 0 Å². The Kier molecular flexibility index (Phi) is 7.80. The largest absolute Gasteiger partial charge is 0.478 e. The Bertz CT molecular complexity index is 842. The van der Waals surface area contributed by atoms with Crippen LogP contribution in [-0.2, 0) is 9.59 Å². The molecule has 1 unspecified atom stereocenters. The fraction of sp³-hybridized carbons (Fsp3) is 0.294. The van der Waals surface area contributed by atoms with Gasteiger partial charge in [-0.3, -0.25) is 4.79 Å². The molecule has 0 radical (unpaired) electrons. The second-order valence-corrected chi connectivity index (χ2v) is 8.83. The summed E-state index contributed by atoms with van der Waals surface area (Å²) in [5.74, 6) is -2.22. The average molecular weight is 497 g/mol. The number of carboxylic acid groups (broad SMARTS) is 1. The number of carbonyl (C=O) groups excluding carboxylic acids is 1. The molecule has 0 saturated heterocycles. The summed E-state index contributed by atoms with van der Waals surface area (Å²) in [7, 11) is 0. The van der Waals surface area contributed by atoms with Crippen LogP contribution in [0.15, 0.2) is 45.2 Å². The average Bonchev–Trinajstić information content (AvgIpc) is 2.55. The second kappa shape index (κ2) is 9.46. The molecule has 1 aliphatic carbocycles. The first kappa shape index (κ1) is 22.3. The Morgan fingerprint density at radius 1 is 1.33 bits per heavy atom. The smallest absolute Gasteiger partial charge is 0.450 e. The number of rotatable bonds is 2. The molecule has 1 aromatic carbocycles. The van der Waals surface area contributed by atoms with Crippen molar-refractivity contribution >= 4 is 67.0 Å². The van der Waals surface area contributed by atoms with Crippen LogP contribution in [-0.4, -0.2) is 21.8 Å². The monoisotopic (exact) mass is 495 g/mol. The highest BCUT2D eigenvalue weighted by Gasteiger charge is 2.38. The zero-order valence-electron chi connectivity index (χ0n) is 14.2. The normalized spacial score (nSPS) is 19.0. The maximum atomic E-state index is 13.5. The van der Waals surface area contributed by atoms with E-state index in [0.717, 1.165) is 12.1 Å². The molecule has 144 valence electrons. The number of hydrogen-bond acceptors (Lipinski definition) is 3. The van der Waals surface area contributed by atoms with E-state index in [2.05, 4.69) is 21.2 Å². The van der Waals surface area contributed by atoms with E-state index in [1.54, 1.807) is 19.1 Å². The highest BCUT2D eigenvalue weighted by Crippen LogP contribution is 2.42. The van der Waals surface area contributed by atoms with Gasteiger partial charge >= 0.3 is 10.9 Å². The third kappa shape index (κ3) is 5.28. The van der Waals surface area contributed by atoms with Crippen molar-refractivity contribution < 1.29 is 19.1 Å². The Balaban J connectivity index is 0.000000596. The van der Waals surface area contributed by atoms with Gasteiger partial charge in [0.2, 0.25) is 0 Å². The summed E-state index contributed by atoms with van der Waals surface area (Å²) in [6.07, 6.45) is 1.87. The van der Waals surface area contributed by atoms with Gasteiger partial charge < -0.3 is 10.4 Å². The molecule has 4 nitrogen and oxygen atoms in total. The van der Waals surface area contributed by atoms with E-state index < -0.39 is 22.7 Å². The molecular formula is C17H15BBrCl3FNO3. The highest BCUT2D eigenvalue weighted by molar-refractivity contribution is 9.10. The predicted molar refractivity (Wildman–Crippen MR) is 110 cm³/mol. The molecular weight excluding hydrogens is 482 g/mol. The summed E-state index contributed by atoms with van der Waals surface area (Å²) < 4.78 is 13.8. The first-order valence-electron chi connectivity index (χ1n) is 7.98. The van der Waals surface area contributed by atoms with Crippen LogP contribution in [0.3, 0.4) is 0 Å². The van der Waals surface area contributed by atoms with Gasteiger partial charge in [0.15, 0.2) is 5.78 Å². The van der Waals surface area contributed by atoms with Gasteiger partial charge in [0, 0.05) is 29.3 Å². The molecule has 2 N–H and O–H groups in total. The number of carboxylic acids is 1. The maximum absolute atomic E-state index is 13.5. The SMILES string of the molecule is CC1=C(C(=O)O)C(c2ccc(F)c(Br)c2)C2=C(CCCC2=O)N1.ClB(Cl)Cl. The molecule has 27 heavy (non-hydrogen) atoms. The van der Waals surface area contributed by atoms with Crippen LogP contribution >= 0.6 is 50.3 Å². The number of dihydropyridines is 1. The number of benzene rings is 1. The fourth-order valence-electron chi connectivity index (χ4n) is 3.29. The Labute approximate surface area is 179 Å². The van der Waals surface area contributed by atoms with E-state index >= 15 is 0 Å². The van der Waals surface area contributed by atoms with Gasteiger partial charge in [-0.15, -0.1) is 0 Å². The number of halogens is 5. The minimum absolute atomic E-state index is 0.0459. The molecule has 2 aliphatic rings. The van der Waals surface area contributed by atoms with Crippen molar-refractivity contribution in [2.75, 3.05) is 0 Å². The van der Waals surface area contributed by atoms with Gasteiger partial charge in [-0.05, 0) is 53.4 Å². The first-order valence-corrected chi connectivity index (χ1v) is 10.1. The van der Waals surface area contributed by atoms with Crippen LogP contribution in [0.2, 0.25) is 0 Å². The summed E-state index contributed by atoms with van der Waals surface area (Å²) in [5.41, 5.74) is 2.54. The number of ketones is 1. The van der Waals surface area contributed by atoms with Crippen molar-refractivity contribution in [2.24, 2.45) is 0 Å². The van der Waals surface area contributed by atoms with Crippen molar-refractivity contribution in [1.82, 2.24) is 5.32 Å². The molecule has 1 aliphatic heterocycles. The van der Waals surface area contributed by atoms with Gasteiger partial charge in [0.05, 0.1) is 10.0 Å². The lowest BCUT2D eigenvalue weighted by Crippen LogP contribution is -2.33. The number of Topliss-reactive ketones (excluding diaryl/α,β-unsaturated/α-hetero) is 1. The summed E-state index contributed by atoms with van der Waals surface area (Å²) in [4.78, 5) is 23.5. The van der Waals surface area contributed by atoms with E-state index in [-0.39, 0.29) is 15.8 Å². The number of nitrogens with one attached hydrogen (secondary N) is 1. The summed E-state index contributed by atoms with van der Waals surface area (Å²) in [6, 6.07) is 4.37. The van der Waals surface area contributed by atoms with Crippen LogP contribution in [0, 0.1) is 5.82 Å². The fourth-order valence-corrected chi connectivity index (χ4v) is 3.69. The highest BCUT2D eigenvalue weighted by atomic mass is 79.9. The number of allylic oxidation sites excluding steroid dienone is 3. The van der Waals surface area contributed by atoms with Crippen molar-refractivity contribution in [2.45, 2.75) is 32.1 Å². The minimum atomic E-state index is -1.08. The second-order valence-electron chi connectivity index (χ2n) is 5.99. The molecule has 0 spiro atoms. The lowest BCUT2D eigenvalue weighted by atomic mass is 9.75. The first-order chi connectivity index (χ1) is 12.6. The molecule has 1 aromatic rings. The molecule has 0 bridgehead atoms. The van der Waals surface area contributed by atoms with Crippen LogP contribution in [0.5, 0.6) is 0 Å². The Morgan fingerprint density at radius 2 is 1.96 bits per heavy atom. The molecule has 0 amide bonds. The molecule has 0 fully saturated rings. The minimum Gasteiger partial charge on any atom is -0.478 e. The van der Waals surface area contributed by atoms with Gasteiger partial charge in [-0.1, -0.05) is 6.07 Å². The number of hydrogen-bond donors (Lipinski definition) is 2. The lowest BCUT2D eigenvalue weighted by Gasteiger charge is -2.33. The molecule has 1 atom stereocenters. The van der Waals surface area contributed by atoms with Gasteiger partial charge in [-0.2, -0.15) is 34.4 Å². The zero-order chi connectivity index (χ0) is 20.3. The Morgan fingerprint density at radius 3 is 2.52 bits per heavy atom. The van der Waals surface area contributed by atoms with Crippen molar-refractivity contribution in [3.05, 3.63) is 56.6 Å². The lowest BCUT2D eigenvalue weighted by molar-refractivity contribution is -0.133. The van der Waals surface area contributed by atoms with E-state index in [1.165, 1.54) is 6.07 Å². The van der Waals surface area contributed by atoms with E-state index in [0.29, 0.717) is 29.7 Å². The van der Waals surface area contributed by atoms with Gasteiger partial charge in [-0.25, -0.2) is 9.18 Å². The van der Waals surface area contributed by atoms with E-state index in [4.69, 9.17) is 34.4 Å². The van der Waals surface area contributed by atoms with E-state index in [9.17, 15) is 19.1 Å².